The number of benzene rings is 2. The Bertz CT molecular complexity index is 955. The predicted molar refractivity (Wildman–Crippen MR) is 100 cm³/mol. The molecule has 24 heavy (non-hydrogen) atoms. The van der Waals surface area contributed by atoms with Crippen LogP contribution in [0.4, 0.5) is 11.4 Å². The van der Waals surface area contributed by atoms with Crippen LogP contribution < -0.4 is 15.4 Å². The molecule has 0 amide bonds. The summed E-state index contributed by atoms with van der Waals surface area (Å²) < 4.78 is 7.36. The summed E-state index contributed by atoms with van der Waals surface area (Å²) in [4.78, 5) is 0. The van der Waals surface area contributed by atoms with Crippen LogP contribution in [-0.2, 0) is 7.05 Å². The SMILES string of the molecule is COc1ccc(C#N)cc1NC(=S)Nc1cccc2c1ccn2C. The number of nitriles is 1. The molecule has 0 aliphatic carbocycles. The second-order valence-electron chi connectivity index (χ2n) is 5.27. The number of hydrogen-bond acceptors (Lipinski definition) is 3. The molecule has 6 heteroatoms. The van der Waals surface area contributed by atoms with E-state index in [9.17, 15) is 0 Å². The zero-order chi connectivity index (χ0) is 17.1. The number of methoxy groups -OCH3 is 1. The topological polar surface area (TPSA) is 62.0 Å². The smallest absolute Gasteiger partial charge is 0.175 e. The Kier molecular flexibility index (Phi) is 4.36. The van der Waals surface area contributed by atoms with Crippen LogP contribution in [0.15, 0.2) is 48.7 Å². The van der Waals surface area contributed by atoms with Crippen molar-refractivity contribution in [2.24, 2.45) is 7.05 Å². The van der Waals surface area contributed by atoms with Gasteiger partial charge < -0.3 is 19.9 Å². The molecule has 2 aromatic carbocycles. The Hall–Kier alpha value is -3.04. The van der Waals surface area contributed by atoms with Crippen LogP contribution in [0.5, 0.6) is 5.75 Å². The number of fused-ring (bicyclic) bond motifs is 1. The molecule has 0 unspecified atom stereocenters. The number of nitrogens with zero attached hydrogens (tertiary/aromatic N) is 2. The molecular formula is C18H16N4OS. The van der Waals surface area contributed by atoms with E-state index in [0.717, 1.165) is 16.6 Å². The van der Waals surface area contributed by atoms with Gasteiger partial charge in [-0.25, -0.2) is 0 Å². The molecule has 0 aliphatic rings. The van der Waals surface area contributed by atoms with E-state index in [2.05, 4.69) is 27.3 Å². The van der Waals surface area contributed by atoms with Crippen LogP contribution >= 0.6 is 12.2 Å². The molecule has 1 aromatic heterocycles. The van der Waals surface area contributed by atoms with Gasteiger partial charge >= 0.3 is 0 Å². The molecule has 3 aromatic rings. The van der Waals surface area contributed by atoms with Crippen molar-refractivity contribution >= 4 is 39.6 Å². The Morgan fingerprint density at radius 2 is 1.96 bits per heavy atom. The lowest BCUT2D eigenvalue weighted by atomic mass is 10.2. The first-order valence-electron chi connectivity index (χ1n) is 7.32. The second kappa shape index (κ2) is 6.60. The van der Waals surface area contributed by atoms with E-state index in [0.29, 0.717) is 22.1 Å². The van der Waals surface area contributed by atoms with Gasteiger partial charge in [-0.3, -0.25) is 0 Å². The lowest BCUT2D eigenvalue weighted by Gasteiger charge is -2.14. The summed E-state index contributed by atoms with van der Waals surface area (Å²) in [5, 5.41) is 16.9. The van der Waals surface area contributed by atoms with Crippen molar-refractivity contribution in [2.45, 2.75) is 0 Å². The molecule has 3 rings (SSSR count). The fraction of sp³-hybridized carbons (Fsp3) is 0.111. The summed E-state index contributed by atoms with van der Waals surface area (Å²) in [6, 6.07) is 15.3. The maximum Gasteiger partial charge on any atom is 0.175 e. The molecule has 5 nitrogen and oxygen atoms in total. The van der Waals surface area contributed by atoms with Crippen LogP contribution in [-0.4, -0.2) is 16.8 Å². The van der Waals surface area contributed by atoms with Crippen molar-refractivity contribution in [3.63, 3.8) is 0 Å². The van der Waals surface area contributed by atoms with Gasteiger partial charge in [0.05, 0.1) is 24.4 Å². The summed E-state index contributed by atoms with van der Waals surface area (Å²) in [6.07, 6.45) is 2.01. The highest BCUT2D eigenvalue weighted by Gasteiger charge is 2.09. The Morgan fingerprint density at radius 3 is 2.71 bits per heavy atom. The molecular weight excluding hydrogens is 320 g/mol. The maximum absolute atomic E-state index is 9.05. The highest BCUT2D eigenvalue weighted by atomic mass is 32.1. The number of rotatable bonds is 3. The quantitative estimate of drug-likeness (QED) is 0.711. The lowest BCUT2D eigenvalue weighted by Crippen LogP contribution is -2.19. The van der Waals surface area contributed by atoms with Crippen molar-refractivity contribution in [3.05, 3.63) is 54.2 Å². The summed E-state index contributed by atoms with van der Waals surface area (Å²) >= 11 is 5.41. The number of anilines is 2. The van der Waals surface area contributed by atoms with E-state index < -0.39 is 0 Å². The molecule has 0 fully saturated rings. The number of ether oxygens (including phenoxy) is 1. The van der Waals surface area contributed by atoms with Crippen LogP contribution in [0.2, 0.25) is 0 Å². The molecule has 0 saturated carbocycles. The number of aryl methyl sites for hydroxylation is 1. The fourth-order valence-electron chi connectivity index (χ4n) is 2.56. The van der Waals surface area contributed by atoms with E-state index in [1.54, 1.807) is 25.3 Å². The molecule has 0 atom stereocenters. The third-order valence-electron chi connectivity index (χ3n) is 3.75. The minimum absolute atomic E-state index is 0.430. The van der Waals surface area contributed by atoms with Crippen LogP contribution in [0.1, 0.15) is 5.56 Å². The summed E-state index contributed by atoms with van der Waals surface area (Å²) in [7, 11) is 3.58. The molecule has 0 aliphatic heterocycles. The third-order valence-corrected chi connectivity index (χ3v) is 3.96. The Labute approximate surface area is 145 Å². The first-order valence-corrected chi connectivity index (χ1v) is 7.73. The average molecular weight is 336 g/mol. The first kappa shape index (κ1) is 15.8. The zero-order valence-electron chi connectivity index (χ0n) is 13.3. The minimum Gasteiger partial charge on any atom is -0.495 e. The van der Waals surface area contributed by atoms with Gasteiger partial charge in [0.1, 0.15) is 5.75 Å². The van der Waals surface area contributed by atoms with Gasteiger partial charge in [-0.1, -0.05) is 6.07 Å². The largest absolute Gasteiger partial charge is 0.495 e. The third kappa shape index (κ3) is 3.03. The maximum atomic E-state index is 9.05. The highest BCUT2D eigenvalue weighted by molar-refractivity contribution is 7.80. The van der Waals surface area contributed by atoms with Crippen molar-refractivity contribution in [1.29, 1.82) is 5.26 Å². The average Bonchev–Trinajstić information content (AvgIpc) is 2.97. The number of hydrogen-bond donors (Lipinski definition) is 2. The predicted octanol–water partition coefficient (Wildman–Crippen LogP) is 3.87. The van der Waals surface area contributed by atoms with Gasteiger partial charge in [0.15, 0.2) is 5.11 Å². The second-order valence-corrected chi connectivity index (χ2v) is 5.68. The van der Waals surface area contributed by atoms with Crippen molar-refractivity contribution in [2.75, 3.05) is 17.7 Å². The molecule has 2 N–H and O–H groups in total. The lowest BCUT2D eigenvalue weighted by molar-refractivity contribution is 0.417. The van der Waals surface area contributed by atoms with Gasteiger partial charge in [0.25, 0.3) is 0 Å². The highest BCUT2D eigenvalue weighted by Crippen LogP contribution is 2.27. The van der Waals surface area contributed by atoms with E-state index >= 15 is 0 Å². The Balaban J connectivity index is 1.84. The fourth-order valence-corrected chi connectivity index (χ4v) is 2.78. The molecule has 120 valence electrons. The van der Waals surface area contributed by atoms with E-state index in [-0.39, 0.29) is 0 Å². The van der Waals surface area contributed by atoms with E-state index in [1.807, 2.05) is 31.4 Å². The molecule has 0 saturated heterocycles. The summed E-state index contributed by atoms with van der Waals surface area (Å²) in [6.45, 7) is 0. The van der Waals surface area contributed by atoms with Gasteiger partial charge in [0.2, 0.25) is 0 Å². The van der Waals surface area contributed by atoms with Crippen LogP contribution in [0, 0.1) is 11.3 Å². The summed E-state index contributed by atoms with van der Waals surface area (Å²) in [5.41, 5.74) is 3.22. The standard InChI is InChI=1S/C18H16N4OS/c1-22-9-8-13-14(4-3-5-16(13)22)20-18(24)21-15-10-12(11-19)6-7-17(15)23-2/h3-10H,1-2H3,(H2,20,21,24). The van der Waals surface area contributed by atoms with Gasteiger partial charge in [0, 0.05) is 29.8 Å². The molecule has 1 heterocycles. The van der Waals surface area contributed by atoms with E-state index in [4.69, 9.17) is 22.2 Å². The van der Waals surface area contributed by atoms with E-state index in [1.165, 1.54) is 0 Å². The van der Waals surface area contributed by atoms with Gasteiger partial charge in [-0.15, -0.1) is 0 Å². The normalized spacial score (nSPS) is 10.2. The molecule has 0 bridgehead atoms. The van der Waals surface area contributed by atoms with Gasteiger partial charge in [-0.2, -0.15) is 5.26 Å². The monoisotopic (exact) mass is 336 g/mol. The molecule has 0 radical (unpaired) electrons. The number of thiocarbonyl (C=S) groups is 1. The van der Waals surface area contributed by atoms with Gasteiger partial charge in [-0.05, 0) is 48.6 Å². The Morgan fingerprint density at radius 1 is 1.17 bits per heavy atom. The van der Waals surface area contributed by atoms with Crippen LogP contribution in [0.25, 0.3) is 10.9 Å². The first-order chi connectivity index (χ1) is 11.6. The molecule has 0 spiro atoms. The minimum atomic E-state index is 0.430. The number of aromatic nitrogens is 1. The van der Waals surface area contributed by atoms with Crippen molar-refractivity contribution in [3.8, 4) is 11.8 Å². The summed E-state index contributed by atoms with van der Waals surface area (Å²) in [5.74, 6) is 0.621. The zero-order valence-corrected chi connectivity index (χ0v) is 14.1. The van der Waals surface area contributed by atoms with Crippen LogP contribution in [0.3, 0.4) is 0 Å². The van der Waals surface area contributed by atoms with Crippen molar-refractivity contribution < 1.29 is 4.74 Å². The van der Waals surface area contributed by atoms with Crippen molar-refractivity contribution in [1.82, 2.24) is 4.57 Å². The number of nitrogens with one attached hydrogen (secondary N) is 2.